The van der Waals surface area contributed by atoms with E-state index in [4.69, 9.17) is 5.11 Å². The van der Waals surface area contributed by atoms with E-state index in [0.717, 1.165) is 37.2 Å². The smallest absolute Gasteiger partial charge is 0.410 e. The molecule has 2 N–H and O–H groups in total. The van der Waals surface area contributed by atoms with Gasteiger partial charge in [0.2, 0.25) is 0 Å². The number of amides is 1. The van der Waals surface area contributed by atoms with Gasteiger partial charge in [0.1, 0.15) is 5.82 Å². The average molecular weight is 316 g/mol. The summed E-state index contributed by atoms with van der Waals surface area (Å²) in [6, 6.07) is 0. The number of carbonyl (C=O) groups is 1. The zero-order valence-corrected chi connectivity index (χ0v) is 14.2. The summed E-state index contributed by atoms with van der Waals surface area (Å²) in [5.74, 6) is 2.04. The minimum atomic E-state index is -1.05. The highest BCUT2D eigenvalue weighted by Gasteiger charge is 2.30. The molecule has 2 aliphatic rings. The predicted octanol–water partition coefficient (Wildman–Crippen LogP) is 3.52. The first-order valence-electron chi connectivity index (χ1n) is 8.10. The van der Waals surface area contributed by atoms with Crippen molar-refractivity contribution in [1.82, 2.24) is 9.78 Å². The fourth-order valence-corrected chi connectivity index (χ4v) is 3.92. The lowest BCUT2D eigenvalue weighted by atomic mass is 9.89. The van der Waals surface area contributed by atoms with Crippen LogP contribution in [0.4, 0.5) is 16.4 Å². The Kier molecular flexibility index (Phi) is 3.92. The van der Waals surface area contributed by atoms with Crippen molar-refractivity contribution in [1.29, 1.82) is 0 Å². The van der Waals surface area contributed by atoms with E-state index in [1.54, 1.807) is 11.7 Å². The monoisotopic (exact) mass is 316 g/mol. The summed E-state index contributed by atoms with van der Waals surface area (Å²) < 4.78 is 1.64. The molecule has 3 rings (SSSR count). The summed E-state index contributed by atoms with van der Waals surface area (Å²) in [4.78, 5) is 13.3. The van der Waals surface area contributed by atoms with Crippen LogP contribution in [-0.4, -0.2) is 27.5 Å². The molecule has 6 nitrogen and oxygen atoms in total. The Labute approximate surface area is 136 Å². The lowest BCUT2D eigenvalue weighted by molar-refractivity contribution is 0.209. The number of hydrogen-bond acceptors (Lipinski definition) is 3. The molecular formula is C17H24N4O2. The largest absolute Gasteiger partial charge is 0.465 e. The van der Waals surface area contributed by atoms with Crippen LogP contribution in [0, 0.1) is 5.92 Å². The van der Waals surface area contributed by atoms with Gasteiger partial charge < -0.3 is 10.0 Å². The van der Waals surface area contributed by atoms with Crippen molar-refractivity contribution in [2.45, 2.75) is 40.0 Å². The SMILES string of the molecule is CC1=CC(C)CC(C)=C1N1CCCc2c1nn(C)c2NC(=O)O. The number of carboxylic acid groups (broad SMARTS) is 1. The lowest BCUT2D eigenvalue weighted by Crippen LogP contribution is -2.31. The van der Waals surface area contributed by atoms with Gasteiger partial charge >= 0.3 is 6.09 Å². The zero-order chi connectivity index (χ0) is 16.7. The molecule has 1 aromatic rings. The van der Waals surface area contributed by atoms with Crippen LogP contribution in [0.5, 0.6) is 0 Å². The Morgan fingerprint density at radius 3 is 2.83 bits per heavy atom. The Bertz CT molecular complexity index is 714. The molecule has 1 aliphatic carbocycles. The van der Waals surface area contributed by atoms with Crippen LogP contribution in [0.15, 0.2) is 22.9 Å². The first-order valence-corrected chi connectivity index (χ1v) is 8.10. The Morgan fingerprint density at radius 2 is 2.17 bits per heavy atom. The van der Waals surface area contributed by atoms with Crippen molar-refractivity contribution in [3.05, 3.63) is 28.5 Å². The fraction of sp³-hybridized carbons (Fsp3) is 0.529. The van der Waals surface area contributed by atoms with Gasteiger partial charge in [0.15, 0.2) is 5.82 Å². The van der Waals surface area contributed by atoms with Gasteiger partial charge in [-0.3, -0.25) is 10.00 Å². The van der Waals surface area contributed by atoms with Crippen LogP contribution in [0.2, 0.25) is 0 Å². The van der Waals surface area contributed by atoms with Gasteiger partial charge in [0.25, 0.3) is 0 Å². The van der Waals surface area contributed by atoms with Crippen molar-refractivity contribution < 1.29 is 9.90 Å². The first kappa shape index (κ1) is 15.6. The van der Waals surface area contributed by atoms with Crippen LogP contribution >= 0.6 is 0 Å². The van der Waals surface area contributed by atoms with E-state index in [1.165, 1.54) is 16.8 Å². The molecule has 0 spiro atoms. The highest BCUT2D eigenvalue weighted by Crippen LogP contribution is 2.39. The number of nitrogens with zero attached hydrogens (tertiary/aromatic N) is 3. The van der Waals surface area contributed by atoms with Crippen LogP contribution in [0.3, 0.4) is 0 Å². The number of aryl methyl sites for hydroxylation is 1. The van der Waals surface area contributed by atoms with Gasteiger partial charge in [-0.25, -0.2) is 4.79 Å². The molecule has 23 heavy (non-hydrogen) atoms. The molecule has 0 saturated carbocycles. The molecule has 1 amide bonds. The Balaban J connectivity index is 2.05. The number of allylic oxidation sites excluding steroid dienone is 3. The first-order chi connectivity index (χ1) is 10.9. The van der Waals surface area contributed by atoms with E-state index in [0.29, 0.717) is 11.7 Å². The highest BCUT2D eigenvalue weighted by atomic mass is 16.4. The summed E-state index contributed by atoms with van der Waals surface area (Å²) in [5.41, 5.74) is 4.91. The van der Waals surface area contributed by atoms with E-state index < -0.39 is 6.09 Å². The second kappa shape index (κ2) is 5.76. The van der Waals surface area contributed by atoms with Crippen LogP contribution in [0.1, 0.15) is 39.2 Å². The van der Waals surface area contributed by atoms with Crippen LogP contribution in [0.25, 0.3) is 0 Å². The fourth-order valence-electron chi connectivity index (χ4n) is 3.92. The molecule has 1 atom stereocenters. The predicted molar refractivity (Wildman–Crippen MR) is 90.8 cm³/mol. The third-order valence-electron chi connectivity index (χ3n) is 4.62. The van der Waals surface area contributed by atoms with Crippen molar-refractivity contribution in [2.75, 3.05) is 16.8 Å². The van der Waals surface area contributed by atoms with Crippen LogP contribution in [-0.2, 0) is 13.5 Å². The van der Waals surface area contributed by atoms with Gasteiger partial charge in [-0.2, -0.15) is 5.10 Å². The van der Waals surface area contributed by atoms with E-state index in [-0.39, 0.29) is 0 Å². The standard InChI is InChI=1S/C17H24N4O2/c1-10-8-11(2)14(12(3)9-10)21-7-5-6-13-15(18-17(22)23)20(4)19-16(13)21/h8,10,18H,5-7,9H2,1-4H3,(H,22,23). The third-order valence-corrected chi connectivity index (χ3v) is 4.62. The molecule has 6 heteroatoms. The maximum Gasteiger partial charge on any atom is 0.410 e. The van der Waals surface area contributed by atoms with E-state index in [1.807, 2.05) is 0 Å². The Morgan fingerprint density at radius 1 is 1.43 bits per heavy atom. The second-order valence-corrected chi connectivity index (χ2v) is 6.62. The minimum absolute atomic E-state index is 0.566. The molecule has 1 unspecified atom stereocenters. The average Bonchev–Trinajstić information content (AvgIpc) is 2.75. The number of rotatable bonds is 2. The van der Waals surface area contributed by atoms with Gasteiger partial charge in [0, 0.05) is 24.9 Å². The summed E-state index contributed by atoms with van der Waals surface area (Å²) in [7, 11) is 1.79. The summed E-state index contributed by atoms with van der Waals surface area (Å²) in [6.07, 6.45) is 4.17. The number of anilines is 2. The van der Waals surface area contributed by atoms with Gasteiger partial charge in [-0.05, 0) is 50.2 Å². The quantitative estimate of drug-likeness (QED) is 0.876. The van der Waals surface area contributed by atoms with Crippen molar-refractivity contribution in [3.63, 3.8) is 0 Å². The van der Waals surface area contributed by atoms with Crippen molar-refractivity contribution >= 4 is 17.7 Å². The third kappa shape index (κ3) is 2.73. The van der Waals surface area contributed by atoms with E-state index in [9.17, 15) is 4.79 Å². The van der Waals surface area contributed by atoms with E-state index in [2.05, 4.69) is 42.2 Å². The van der Waals surface area contributed by atoms with Gasteiger partial charge in [0.05, 0.1) is 0 Å². The molecule has 0 saturated heterocycles. The molecule has 2 heterocycles. The maximum absolute atomic E-state index is 11.0. The van der Waals surface area contributed by atoms with Gasteiger partial charge in [-0.1, -0.05) is 13.0 Å². The highest BCUT2D eigenvalue weighted by molar-refractivity contribution is 5.84. The maximum atomic E-state index is 11.0. The molecule has 0 bridgehead atoms. The van der Waals surface area contributed by atoms with Crippen molar-refractivity contribution in [2.24, 2.45) is 13.0 Å². The summed E-state index contributed by atoms with van der Waals surface area (Å²) in [6.45, 7) is 7.50. The number of nitrogens with one attached hydrogen (secondary N) is 1. The number of fused-ring (bicyclic) bond motifs is 1. The van der Waals surface area contributed by atoms with E-state index >= 15 is 0 Å². The Hall–Kier alpha value is -2.24. The number of aromatic nitrogens is 2. The second-order valence-electron chi connectivity index (χ2n) is 6.62. The molecule has 0 aromatic carbocycles. The molecular weight excluding hydrogens is 292 g/mol. The number of hydrogen-bond donors (Lipinski definition) is 2. The summed E-state index contributed by atoms with van der Waals surface area (Å²) >= 11 is 0. The topological polar surface area (TPSA) is 70.4 Å². The normalized spacial score (nSPS) is 21.1. The molecule has 1 aliphatic heterocycles. The molecule has 124 valence electrons. The van der Waals surface area contributed by atoms with Crippen molar-refractivity contribution in [3.8, 4) is 0 Å². The summed E-state index contributed by atoms with van der Waals surface area (Å²) in [5, 5.41) is 16.2. The minimum Gasteiger partial charge on any atom is -0.465 e. The lowest BCUT2D eigenvalue weighted by Gasteiger charge is -2.34. The zero-order valence-electron chi connectivity index (χ0n) is 14.2. The molecule has 0 fully saturated rings. The van der Waals surface area contributed by atoms with Crippen LogP contribution < -0.4 is 10.2 Å². The molecule has 0 radical (unpaired) electrons. The molecule has 1 aromatic heterocycles. The van der Waals surface area contributed by atoms with Gasteiger partial charge in [-0.15, -0.1) is 0 Å².